The second kappa shape index (κ2) is 6.16. The van der Waals surface area contributed by atoms with Crippen molar-refractivity contribution in [3.05, 3.63) is 24.4 Å². The van der Waals surface area contributed by atoms with Crippen molar-refractivity contribution in [1.29, 1.82) is 0 Å². The largest absolute Gasteiger partial charge is 0.496 e. The highest BCUT2D eigenvalue weighted by molar-refractivity contribution is 5.70. The predicted octanol–water partition coefficient (Wildman–Crippen LogP) is 1.84. The molecule has 24 heavy (non-hydrogen) atoms. The Morgan fingerprint density at radius 2 is 1.96 bits per heavy atom. The first kappa shape index (κ1) is 15.0. The highest BCUT2D eigenvalue weighted by Crippen LogP contribution is 2.41. The molecule has 7 nitrogen and oxygen atoms in total. The van der Waals surface area contributed by atoms with Gasteiger partial charge in [0.25, 0.3) is 0 Å². The quantitative estimate of drug-likeness (QED) is 0.920. The lowest BCUT2D eigenvalue weighted by Crippen LogP contribution is -2.36. The molecule has 0 unspecified atom stereocenters. The smallest absolute Gasteiger partial charge is 0.231 e. The summed E-state index contributed by atoms with van der Waals surface area (Å²) in [6.07, 6.45) is 3.04. The molecule has 0 spiro atoms. The van der Waals surface area contributed by atoms with Gasteiger partial charge in [0.05, 0.1) is 18.8 Å². The molecule has 0 aliphatic carbocycles. The van der Waals surface area contributed by atoms with E-state index in [1.165, 1.54) is 0 Å². The summed E-state index contributed by atoms with van der Waals surface area (Å²) in [6.45, 7) is 1.78. The molecule has 0 atom stereocenters. The molecule has 2 aliphatic rings. The lowest BCUT2D eigenvalue weighted by Gasteiger charge is -2.30. The maximum Gasteiger partial charge on any atom is 0.231 e. The lowest BCUT2D eigenvalue weighted by atomic mass is 10.1. The van der Waals surface area contributed by atoms with Gasteiger partial charge in [-0.25, -0.2) is 9.97 Å². The molecule has 1 aromatic carbocycles. The molecule has 0 saturated carbocycles. The molecular formula is C17H19N3O4. The van der Waals surface area contributed by atoms with Crippen molar-refractivity contribution in [1.82, 2.24) is 9.97 Å². The van der Waals surface area contributed by atoms with E-state index < -0.39 is 0 Å². The normalized spacial score (nSPS) is 17.2. The summed E-state index contributed by atoms with van der Waals surface area (Å²) in [6, 6.07) is 5.53. The molecule has 1 fully saturated rings. The molecular weight excluding hydrogens is 310 g/mol. The number of nitrogens with zero attached hydrogens (tertiary/aromatic N) is 3. The molecule has 1 N–H and O–H groups in total. The third-order valence-corrected chi connectivity index (χ3v) is 4.36. The van der Waals surface area contributed by atoms with Crippen molar-refractivity contribution in [2.45, 2.75) is 18.9 Å². The summed E-state index contributed by atoms with van der Waals surface area (Å²) in [5, 5.41) is 9.66. The van der Waals surface area contributed by atoms with Crippen LogP contribution in [0.3, 0.4) is 0 Å². The zero-order chi connectivity index (χ0) is 16.5. The number of fused-ring (bicyclic) bond motifs is 1. The number of hydrogen-bond donors (Lipinski definition) is 1. The molecule has 3 heterocycles. The minimum absolute atomic E-state index is 0.207. The van der Waals surface area contributed by atoms with E-state index in [0.29, 0.717) is 23.1 Å². The monoisotopic (exact) mass is 329 g/mol. The van der Waals surface area contributed by atoms with E-state index in [1.54, 1.807) is 19.4 Å². The maximum atomic E-state index is 9.66. The molecule has 1 aromatic heterocycles. The minimum Gasteiger partial charge on any atom is -0.496 e. The van der Waals surface area contributed by atoms with Gasteiger partial charge in [-0.05, 0) is 25.0 Å². The van der Waals surface area contributed by atoms with E-state index in [4.69, 9.17) is 14.2 Å². The van der Waals surface area contributed by atoms with E-state index in [0.717, 1.165) is 37.3 Å². The number of piperidine rings is 1. The van der Waals surface area contributed by atoms with Crippen LogP contribution in [0.4, 0.5) is 5.82 Å². The summed E-state index contributed by atoms with van der Waals surface area (Å²) in [5.41, 5.74) is 0.764. The number of aliphatic hydroxyl groups excluding tert-OH is 1. The predicted molar refractivity (Wildman–Crippen MR) is 87.6 cm³/mol. The number of aliphatic hydroxyl groups is 1. The van der Waals surface area contributed by atoms with Gasteiger partial charge in [-0.15, -0.1) is 0 Å². The molecule has 7 heteroatoms. The zero-order valence-electron chi connectivity index (χ0n) is 13.4. The van der Waals surface area contributed by atoms with Crippen molar-refractivity contribution in [2.24, 2.45) is 0 Å². The summed E-state index contributed by atoms with van der Waals surface area (Å²) in [7, 11) is 1.61. The molecule has 4 rings (SSSR count). The van der Waals surface area contributed by atoms with Gasteiger partial charge < -0.3 is 24.2 Å². The van der Waals surface area contributed by atoms with Gasteiger partial charge >= 0.3 is 0 Å². The fraction of sp³-hybridized carbons (Fsp3) is 0.412. The Morgan fingerprint density at radius 3 is 2.71 bits per heavy atom. The van der Waals surface area contributed by atoms with Crippen LogP contribution in [0.5, 0.6) is 17.2 Å². The lowest BCUT2D eigenvalue weighted by molar-refractivity contribution is 0.145. The number of aromatic nitrogens is 2. The Hall–Kier alpha value is -2.54. The Labute approximate surface area is 139 Å². The molecule has 1 saturated heterocycles. The maximum absolute atomic E-state index is 9.66. The first-order valence-electron chi connectivity index (χ1n) is 7.98. The second-order valence-corrected chi connectivity index (χ2v) is 5.86. The summed E-state index contributed by atoms with van der Waals surface area (Å²) >= 11 is 0. The molecule has 0 amide bonds. The van der Waals surface area contributed by atoms with Crippen LogP contribution in [-0.2, 0) is 0 Å². The summed E-state index contributed by atoms with van der Waals surface area (Å²) in [4.78, 5) is 11.2. The van der Waals surface area contributed by atoms with Crippen molar-refractivity contribution >= 4 is 5.82 Å². The Bertz CT molecular complexity index is 745. The van der Waals surface area contributed by atoms with E-state index >= 15 is 0 Å². The van der Waals surface area contributed by atoms with Crippen LogP contribution in [0.25, 0.3) is 11.4 Å². The number of benzene rings is 1. The molecule has 2 aliphatic heterocycles. The number of rotatable bonds is 3. The van der Waals surface area contributed by atoms with Gasteiger partial charge in [-0.3, -0.25) is 0 Å². The van der Waals surface area contributed by atoms with Crippen LogP contribution < -0.4 is 19.1 Å². The topological polar surface area (TPSA) is 76.9 Å². The third kappa shape index (κ3) is 2.71. The Balaban J connectivity index is 1.69. The molecule has 2 aromatic rings. The average Bonchev–Trinajstić information content (AvgIpc) is 3.08. The van der Waals surface area contributed by atoms with Crippen LogP contribution in [0.15, 0.2) is 24.4 Å². The summed E-state index contributed by atoms with van der Waals surface area (Å²) in [5.74, 6) is 3.41. The van der Waals surface area contributed by atoms with Gasteiger partial charge in [0.1, 0.15) is 11.6 Å². The highest BCUT2D eigenvalue weighted by Gasteiger charge is 2.22. The summed E-state index contributed by atoms with van der Waals surface area (Å²) < 4.78 is 16.3. The van der Waals surface area contributed by atoms with Crippen molar-refractivity contribution in [2.75, 3.05) is 31.9 Å². The van der Waals surface area contributed by atoms with Gasteiger partial charge in [0, 0.05) is 25.4 Å². The molecule has 0 bridgehead atoms. The first-order chi connectivity index (χ1) is 11.7. The van der Waals surface area contributed by atoms with Crippen molar-refractivity contribution in [3.63, 3.8) is 0 Å². The Morgan fingerprint density at radius 1 is 1.21 bits per heavy atom. The zero-order valence-corrected chi connectivity index (χ0v) is 13.4. The number of ether oxygens (including phenoxy) is 3. The standard InChI is InChI=1S/C17H19N3O4/c1-22-13-9-15-14(23-10-24-15)8-12(13)17-18-5-2-16(19-17)20-6-3-11(21)4-7-20/h2,5,8-9,11,21H,3-4,6-7,10H2,1H3. The van der Waals surface area contributed by atoms with Crippen LogP contribution in [-0.4, -0.2) is 48.2 Å². The van der Waals surface area contributed by atoms with E-state index in [9.17, 15) is 5.11 Å². The van der Waals surface area contributed by atoms with E-state index in [2.05, 4.69) is 14.9 Å². The number of hydrogen-bond acceptors (Lipinski definition) is 7. The molecule has 0 radical (unpaired) electrons. The van der Waals surface area contributed by atoms with Crippen molar-refractivity contribution < 1.29 is 19.3 Å². The third-order valence-electron chi connectivity index (χ3n) is 4.36. The van der Waals surface area contributed by atoms with Crippen LogP contribution in [0.2, 0.25) is 0 Å². The Kier molecular flexibility index (Phi) is 3.86. The first-order valence-corrected chi connectivity index (χ1v) is 7.98. The van der Waals surface area contributed by atoms with Crippen molar-refractivity contribution in [3.8, 4) is 28.6 Å². The fourth-order valence-electron chi connectivity index (χ4n) is 3.02. The van der Waals surface area contributed by atoms with E-state index in [1.807, 2.05) is 12.1 Å². The number of anilines is 1. The van der Waals surface area contributed by atoms with Gasteiger partial charge in [0.2, 0.25) is 6.79 Å². The number of methoxy groups -OCH3 is 1. The van der Waals surface area contributed by atoms with Crippen LogP contribution in [0, 0.1) is 0 Å². The van der Waals surface area contributed by atoms with Gasteiger partial charge in [0.15, 0.2) is 17.3 Å². The van der Waals surface area contributed by atoms with Crippen LogP contribution >= 0.6 is 0 Å². The SMILES string of the molecule is COc1cc2c(cc1-c1nccc(N3CCC(O)CC3)n1)OCO2. The van der Waals surface area contributed by atoms with Crippen LogP contribution in [0.1, 0.15) is 12.8 Å². The second-order valence-electron chi connectivity index (χ2n) is 5.86. The fourth-order valence-corrected chi connectivity index (χ4v) is 3.02. The highest BCUT2D eigenvalue weighted by atomic mass is 16.7. The minimum atomic E-state index is -0.212. The van der Waals surface area contributed by atoms with E-state index in [-0.39, 0.29) is 12.9 Å². The molecule has 126 valence electrons. The van der Waals surface area contributed by atoms with Gasteiger partial charge in [-0.1, -0.05) is 0 Å². The average molecular weight is 329 g/mol. The van der Waals surface area contributed by atoms with Gasteiger partial charge in [-0.2, -0.15) is 0 Å².